The second-order valence-electron chi connectivity index (χ2n) is 6.99. The van der Waals surface area contributed by atoms with E-state index in [9.17, 15) is 4.79 Å². The summed E-state index contributed by atoms with van der Waals surface area (Å²) in [4.78, 5) is 22.7. The molecule has 3 rings (SSSR count). The van der Waals surface area contributed by atoms with Gasteiger partial charge in [0.05, 0.1) is 5.69 Å². The van der Waals surface area contributed by atoms with Crippen LogP contribution in [0.15, 0.2) is 53.7 Å². The van der Waals surface area contributed by atoms with Crippen molar-refractivity contribution >= 4 is 17.4 Å². The molecule has 0 aliphatic heterocycles. The van der Waals surface area contributed by atoms with E-state index >= 15 is 0 Å². The zero-order valence-electron chi connectivity index (χ0n) is 19.1. The minimum atomic E-state index is -1.41. The van der Waals surface area contributed by atoms with Crippen molar-refractivity contribution in [3.63, 3.8) is 0 Å². The number of rotatable bonds is 11. The van der Waals surface area contributed by atoms with Crippen LogP contribution in [0.4, 0.5) is 5.82 Å². The van der Waals surface area contributed by atoms with Crippen LogP contribution in [0.3, 0.4) is 0 Å². The molecule has 11 heteroatoms. The van der Waals surface area contributed by atoms with Crippen molar-refractivity contribution in [2.45, 2.75) is 33.2 Å². The molecule has 0 aliphatic rings. The predicted molar refractivity (Wildman–Crippen MR) is 120 cm³/mol. The summed E-state index contributed by atoms with van der Waals surface area (Å²) in [6.45, 7) is 5.88. The number of pyridine rings is 1. The van der Waals surface area contributed by atoms with Gasteiger partial charge >= 0.3 is 0 Å². The van der Waals surface area contributed by atoms with E-state index in [4.69, 9.17) is 14.3 Å². The smallest absolute Gasteiger partial charge is 0.285 e. The quantitative estimate of drug-likeness (QED) is 0.266. The standard InChI is InChI=1S/C22H27N7O4/c1-5-31-22(3,32-6-2)21(30)24-18-14-10-13-17(23-18)15-33-26-19(16-11-8-7-9-12-16)20-25-27-28-29(20)4/h7-14H,5-6,15H2,1-4H3,(H,23,24,30)/b26-19-. The molecule has 0 bridgehead atoms. The number of aryl methyl sites for hydroxylation is 1. The number of hydrogen-bond donors (Lipinski definition) is 1. The molecule has 0 saturated heterocycles. The fraction of sp³-hybridized carbons (Fsp3) is 0.364. The third-order valence-electron chi connectivity index (χ3n) is 4.55. The average Bonchev–Trinajstić information content (AvgIpc) is 3.23. The molecule has 11 nitrogen and oxygen atoms in total. The predicted octanol–water partition coefficient (Wildman–Crippen LogP) is 2.30. The summed E-state index contributed by atoms with van der Waals surface area (Å²) < 4.78 is 12.5. The maximum Gasteiger partial charge on any atom is 0.285 e. The molecule has 0 atom stereocenters. The number of oxime groups is 1. The molecule has 174 valence electrons. The molecule has 0 fully saturated rings. The SMILES string of the molecule is CCOC(C)(OCC)C(=O)Nc1cccc(CO/N=C(/c2ccccc2)c2nnnn2C)n1. The normalized spacial score (nSPS) is 11.9. The van der Waals surface area contributed by atoms with Gasteiger partial charge in [-0.25, -0.2) is 9.67 Å². The minimum Gasteiger partial charge on any atom is -0.389 e. The molecule has 33 heavy (non-hydrogen) atoms. The van der Waals surface area contributed by atoms with Crippen LogP contribution in [0.25, 0.3) is 0 Å². The molecule has 2 heterocycles. The second kappa shape index (κ2) is 11.2. The topological polar surface area (TPSA) is 126 Å². The fourth-order valence-corrected chi connectivity index (χ4v) is 2.99. The van der Waals surface area contributed by atoms with Gasteiger partial charge in [0.15, 0.2) is 12.3 Å². The lowest BCUT2D eigenvalue weighted by Gasteiger charge is -2.27. The number of nitrogens with zero attached hydrogens (tertiary/aromatic N) is 6. The Kier molecular flexibility index (Phi) is 8.17. The Hall–Kier alpha value is -3.70. The first-order valence-corrected chi connectivity index (χ1v) is 10.5. The Labute approximate surface area is 191 Å². The van der Waals surface area contributed by atoms with Crippen LogP contribution in [-0.4, -0.2) is 55.8 Å². The number of carbonyl (C=O) groups is 1. The monoisotopic (exact) mass is 453 g/mol. The number of carbonyl (C=O) groups excluding carboxylic acids is 1. The largest absolute Gasteiger partial charge is 0.389 e. The van der Waals surface area contributed by atoms with Crippen LogP contribution >= 0.6 is 0 Å². The molecule has 0 spiro atoms. The van der Waals surface area contributed by atoms with E-state index in [1.165, 1.54) is 4.68 Å². The van der Waals surface area contributed by atoms with Gasteiger partial charge in [0.2, 0.25) is 11.6 Å². The first-order valence-electron chi connectivity index (χ1n) is 10.5. The van der Waals surface area contributed by atoms with E-state index < -0.39 is 11.7 Å². The third kappa shape index (κ3) is 6.18. The van der Waals surface area contributed by atoms with Crippen LogP contribution in [0.2, 0.25) is 0 Å². The molecule has 0 aliphatic carbocycles. The molecule has 2 aromatic heterocycles. The van der Waals surface area contributed by atoms with E-state index in [1.807, 2.05) is 30.3 Å². The van der Waals surface area contributed by atoms with Crippen molar-refractivity contribution in [1.29, 1.82) is 0 Å². The van der Waals surface area contributed by atoms with Crippen LogP contribution in [0.1, 0.15) is 37.9 Å². The van der Waals surface area contributed by atoms with Gasteiger partial charge in [-0.05, 0) is 43.3 Å². The van der Waals surface area contributed by atoms with Crippen molar-refractivity contribution < 1.29 is 19.1 Å². The van der Waals surface area contributed by atoms with Gasteiger partial charge in [-0.2, -0.15) is 0 Å². The Balaban J connectivity index is 1.73. The number of amides is 1. The van der Waals surface area contributed by atoms with Crippen LogP contribution < -0.4 is 5.32 Å². The fourth-order valence-electron chi connectivity index (χ4n) is 2.99. The van der Waals surface area contributed by atoms with Gasteiger partial charge < -0.3 is 19.6 Å². The van der Waals surface area contributed by atoms with Gasteiger partial charge in [-0.1, -0.05) is 41.6 Å². The highest BCUT2D eigenvalue weighted by Crippen LogP contribution is 2.16. The summed E-state index contributed by atoms with van der Waals surface area (Å²) >= 11 is 0. The second-order valence-corrected chi connectivity index (χ2v) is 6.99. The molecule has 1 N–H and O–H groups in total. The van der Waals surface area contributed by atoms with Crippen molar-refractivity contribution in [1.82, 2.24) is 25.2 Å². The number of nitrogens with one attached hydrogen (secondary N) is 1. The molecule has 3 aromatic rings. The average molecular weight is 454 g/mol. The molecule has 0 radical (unpaired) electrons. The number of benzene rings is 1. The summed E-state index contributed by atoms with van der Waals surface area (Å²) in [5.74, 6) is -1.05. The molecular formula is C22H27N7O4. The summed E-state index contributed by atoms with van der Waals surface area (Å²) in [5, 5.41) is 18.5. The lowest BCUT2D eigenvalue weighted by Crippen LogP contribution is -2.45. The summed E-state index contributed by atoms with van der Waals surface area (Å²) in [6, 6.07) is 14.7. The highest BCUT2D eigenvalue weighted by atomic mass is 16.7. The lowest BCUT2D eigenvalue weighted by molar-refractivity contribution is -0.214. The first-order chi connectivity index (χ1) is 16.0. The highest BCUT2D eigenvalue weighted by molar-refractivity contribution is 6.10. The van der Waals surface area contributed by atoms with E-state index in [-0.39, 0.29) is 6.61 Å². The van der Waals surface area contributed by atoms with Crippen molar-refractivity contribution in [2.75, 3.05) is 18.5 Å². The molecule has 0 saturated carbocycles. The van der Waals surface area contributed by atoms with E-state index in [0.29, 0.717) is 36.3 Å². The van der Waals surface area contributed by atoms with E-state index in [2.05, 4.69) is 31.0 Å². The summed E-state index contributed by atoms with van der Waals surface area (Å²) in [5.41, 5.74) is 1.85. The van der Waals surface area contributed by atoms with Crippen LogP contribution in [0, 0.1) is 0 Å². The van der Waals surface area contributed by atoms with Gasteiger partial charge in [0, 0.05) is 25.8 Å². The third-order valence-corrected chi connectivity index (χ3v) is 4.55. The Morgan fingerprint density at radius 3 is 2.45 bits per heavy atom. The zero-order chi connectivity index (χ0) is 23.7. The lowest BCUT2D eigenvalue weighted by atomic mass is 10.1. The first kappa shape index (κ1) is 24.0. The number of anilines is 1. The Bertz CT molecular complexity index is 1080. The van der Waals surface area contributed by atoms with Crippen molar-refractivity contribution in [3.05, 3.63) is 65.6 Å². The van der Waals surface area contributed by atoms with Gasteiger partial charge in [-0.15, -0.1) is 5.10 Å². The number of hydrogen-bond acceptors (Lipinski definition) is 9. The maximum absolute atomic E-state index is 12.7. The van der Waals surface area contributed by atoms with Gasteiger partial charge in [0.1, 0.15) is 5.82 Å². The van der Waals surface area contributed by atoms with Crippen molar-refractivity contribution in [3.8, 4) is 0 Å². The summed E-state index contributed by atoms with van der Waals surface area (Å²) in [6.07, 6.45) is 0. The molecule has 0 unspecified atom stereocenters. The van der Waals surface area contributed by atoms with Crippen LogP contribution in [0.5, 0.6) is 0 Å². The van der Waals surface area contributed by atoms with Crippen molar-refractivity contribution in [2.24, 2.45) is 12.2 Å². The van der Waals surface area contributed by atoms with Gasteiger partial charge in [0.25, 0.3) is 5.91 Å². The molecular weight excluding hydrogens is 426 g/mol. The van der Waals surface area contributed by atoms with Gasteiger partial charge in [-0.3, -0.25) is 4.79 Å². The number of aromatic nitrogens is 5. The van der Waals surface area contributed by atoms with Crippen LogP contribution in [-0.2, 0) is 32.8 Å². The Morgan fingerprint density at radius 2 is 1.82 bits per heavy atom. The molecule has 1 aromatic carbocycles. The van der Waals surface area contributed by atoms with E-state index in [1.54, 1.807) is 46.0 Å². The minimum absolute atomic E-state index is 0.0690. The maximum atomic E-state index is 12.7. The highest BCUT2D eigenvalue weighted by Gasteiger charge is 2.35. The number of tetrazole rings is 1. The summed E-state index contributed by atoms with van der Waals surface area (Å²) in [7, 11) is 1.72. The number of ether oxygens (including phenoxy) is 2. The molecule has 1 amide bonds. The Morgan fingerprint density at radius 1 is 1.09 bits per heavy atom. The zero-order valence-corrected chi connectivity index (χ0v) is 19.1. The van der Waals surface area contributed by atoms with E-state index in [0.717, 1.165) is 5.56 Å².